The van der Waals surface area contributed by atoms with Gasteiger partial charge in [-0.05, 0) is 36.5 Å². The molecule has 0 aliphatic carbocycles. The van der Waals surface area contributed by atoms with Crippen molar-refractivity contribution >= 4 is 11.9 Å². The molecule has 0 unspecified atom stereocenters. The van der Waals surface area contributed by atoms with Gasteiger partial charge in [-0.15, -0.1) is 0 Å². The maximum atomic E-state index is 12.4. The minimum atomic E-state index is -0.825. The average Bonchev–Trinajstić information content (AvgIpc) is 2.58. The second-order valence-electron chi connectivity index (χ2n) is 6.43. The standard InChI is InChI=1S/C21H28O5/c1-6-24-18(12-15(2)3)20(22)26-21(23)19(13-16(4)5)25-14-17-10-8-7-9-11-17/h7-13,15-16H,6,14H2,1-5H3. The van der Waals surface area contributed by atoms with E-state index in [0.717, 1.165) is 5.56 Å². The minimum absolute atomic E-state index is 0.0117. The van der Waals surface area contributed by atoms with Gasteiger partial charge in [-0.25, -0.2) is 9.59 Å². The molecule has 26 heavy (non-hydrogen) atoms. The Bertz CT molecular complexity index is 642. The Hall–Kier alpha value is -2.56. The summed E-state index contributed by atoms with van der Waals surface area (Å²) in [6.07, 6.45) is 3.25. The summed E-state index contributed by atoms with van der Waals surface area (Å²) in [6.45, 7) is 9.90. The summed E-state index contributed by atoms with van der Waals surface area (Å²) in [5.41, 5.74) is 0.913. The summed E-state index contributed by atoms with van der Waals surface area (Å²) in [6, 6.07) is 9.45. The van der Waals surface area contributed by atoms with Crippen LogP contribution in [0.15, 0.2) is 54.0 Å². The summed E-state index contributed by atoms with van der Waals surface area (Å²) < 4.78 is 15.8. The number of esters is 2. The van der Waals surface area contributed by atoms with E-state index in [9.17, 15) is 9.59 Å². The Kier molecular flexibility index (Phi) is 9.20. The zero-order valence-electron chi connectivity index (χ0n) is 16.2. The van der Waals surface area contributed by atoms with Crippen LogP contribution in [0.4, 0.5) is 0 Å². The van der Waals surface area contributed by atoms with Crippen molar-refractivity contribution in [1.82, 2.24) is 0 Å². The molecule has 1 aromatic rings. The van der Waals surface area contributed by atoms with Crippen molar-refractivity contribution in [3.05, 3.63) is 59.6 Å². The van der Waals surface area contributed by atoms with Gasteiger partial charge in [-0.3, -0.25) is 0 Å². The first kappa shape index (κ1) is 21.5. The van der Waals surface area contributed by atoms with Gasteiger partial charge in [0.2, 0.25) is 11.5 Å². The van der Waals surface area contributed by atoms with E-state index in [2.05, 4.69) is 0 Å². The number of carbonyl (C=O) groups excluding carboxylic acids is 2. The minimum Gasteiger partial charge on any atom is -0.487 e. The van der Waals surface area contributed by atoms with Crippen LogP contribution in [0.1, 0.15) is 40.2 Å². The summed E-state index contributed by atoms with van der Waals surface area (Å²) in [7, 11) is 0. The van der Waals surface area contributed by atoms with Gasteiger partial charge in [-0.1, -0.05) is 58.0 Å². The van der Waals surface area contributed by atoms with Crippen LogP contribution in [0.25, 0.3) is 0 Å². The second kappa shape index (κ2) is 11.1. The highest BCUT2D eigenvalue weighted by atomic mass is 16.6. The van der Waals surface area contributed by atoms with Crippen molar-refractivity contribution in [2.45, 2.75) is 41.2 Å². The fourth-order valence-electron chi connectivity index (χ4n) is 2.03. The molecule has 0 N–H and O–H groups in total. The predicted octanol–water partition coefficient (Wildman–Crippen LogP) is 4.39. The van der Waals surface area contributed by atoms with E-state index in [1.54, 1.807) is 19.1 Å². The lowest BCUT2D eigenvalue weighted by atomic mass is 10.2. The number of allylic oxidation sites excluding steroid dienone is 2. The van der Waals surface area contributed by atoms with Crippen molar-refractivity contribution in [2.24, 2.45) is 11.8 Å². The molecule has 0 aliphatic heterocycles. The van der Waals surface area contributed by atoms with E-state index >= 15 is 0 Å². The molecule has 1 aromatic carbocycles. The molecule has 0 amide bonds. The molecule has 5 heteroatoms. The molecule has 0 aliphatic rings. The molecule has 5 nitrogen and oxygen atoms in total. The summed E-state index contributed by atoms with van der Waals surface area (Å²) in [5, 5.41) is 0. The van der Waals surface area contributed by atoms with Gasteiger partial charge >= 0.3 is 11.9 Å². The van der Waals surface area contributed by atoms with Crippen LogP contribution in [0.3, 0.4) is 0 Å². The molecule has 0 heterocycles. The van der Waals surface area contributed by atoms with Crippen molar-refractivity contribution in [3.8, 4) is 0 Å². The van der Waals surface area contributed by atoms with Crippen LogP contribution in [0.5, 0.6) is 0 Å². The van der Waals surface area contributed by atoms with E-state index < -0.39 is 11.9 Å². The first-order valence-corrected chi connectivity index (χ1v) is 8.83. The molecule has 0 atom stereocenters. The van der Waals surface area contributed by atoms with E-state index in [0.29, 0.717) is 6.61 Å². The quantitative estimate of drug-likeness (QED) is 0.283. The molecule has 0 aromatic heterocycles. The van der Waals surface area contributed by atoms with Crippen LogP contribution in [0.2, 0.25) is 0 Å². The van der Waals surface area contributed by atoms with Crippen LogP contribution < -0.4 is 0 Å². The number of carbonyl (C=O) groups is 2. The highest BCUT2D eigenvalue weighted by Gasteiger charge is 2.22. The van der Waals surface area contributed by atoms with Crippen LogP contribution in [-0.2, 0) is 30.4 Å². The Balaban J connectivity index is 2.83. The molecule has 0 saturated carbocycles. The Morgan fingerprint density at radius 3 is 1.85 bits per heavy atom. The molecule has 0 radical (unpaired) electrons. The smallest absolute Gasteiger partial charge is 0.381 e. The van der Waals surface area contributed by atoms with Gasteiger partial charge in [0.15, 0.2) is 0 Å². The third-order valence-corrected chi connectivity index (χ3v) is 3.09. The largest absolute Gasteiger partial charge is 0.487 e. The van der Waals surface area contributed by atoms with Crippen molar-refractivity contribution in [3.63, 3.8) is 0 Å². The first-order chi connectivity index (χ1) is 12.3. The molecule has 142 valence electrons. The Morgan fingerprint density at radius 1 is 0.885 bits per heavy atom. The fourth-order valence-corrected chi connectivity index (χ4v) is 2.03. The normalized spacial score (nSPS) is 12.3. The number of hydrogen-bond donors (Lipinski definition) is 0. The molecular formula is C21H28O5. The molecular weight excluding hydrogens is 332 g/mol. The van der Waals surface area contributed by atoms with E-state index in [1.807, 2.05) is 58.0 Å². The maximum Gasteiger partial charge on any atom is 0.381 e. The van der Waals surface area contributed by atoms with Gasteiger partial charge in [0.25, 0.3) is 0 Å². The number of rotatable bonds is 9. The average molecular weight is 360 g/mol. The molecule has 0 fully saturated rings. The topological polar surface area (TPSA) is 61.8 Å². The third-order valence-electron chi connectivity index (χ3n) is 3.09. The lowest BCUT2D eigenvalue weighted by Crippen LogP contribution is -2.19. The van der Waals surface area contributed by atoms with E-state index in [4.69, 9.17) is 14.2 Å². The highest BCUT2D eigenvalue weighted by Crippen LogP contribution is 2.13. The van der Waals surface area contributed by atoms with E-state index in [1.165, 1.54) is 0 Å². The van der Waals surface area contributed by atoms with Gasteiger partial charge in [0.1, 0.15) is 6.61 Å². The molecule has 0 spiro atoms. The SMILES string of the molecule is CCOC(=CC(C)C)C(=O)OC(=O)C(=CC(C)C)OCc1ccccc1. The summed E-state index contributed by atoms with van der Waals surface area (Å²) in [5.74, 6) is -1.46. The van der Waals surface area contributed by atoms with Crippen LogP contribution in [-0.4, -0.2) is 18.5 Å². The lowest BCUT2D eigenvalue weighted by molar-refractivity contribution is -0.159. The Morgan fingerprint density at radius 2 is 1.38 bits per heavy atom. The zero-order chi connectivity index (χ0) is 19.5. The molecule has 0 bridgehead atoms. The van der Waals surface area contributed by atoms with Crippen LogP contribution >= 0.6 is 0 Å². The summed E-state index contributed by atoms with van der Waals surface area (Å²) >= 11 is 0. The van der Waals surface area contributed by atoms with Gasteiger partial charge < -0.3 is 14.2 Å². The Labute approximate surface area is 155 Å². The second-order valence-corrected chi connectivity index (χ2v) is 6.43. The van der Waals surface area contributed by atoms with Crippen molar-refractivity contribution in [1.29, 1.82) is 0 Å². The van der Waals surface area contributed by atoms with Gasteiger partial charge in [0.05, 0.1) is 6.61 Å². The van der Waals surface area contributed by atoms with Gasteiger partial charge in [0, 0.05) is 0 Å². The monoisotopic (exact) mass is 360 g/mol. The maximum absolute atomic E-state index is 12.4. The van der Waals surface area contributed by atoms with E-state index in [-0.39, 0.29) is 30.0 Å². The van der Waals surface area contributed by atoms with Gasteiger partial charge in [-0.2, -0.15) is 0 Å². The zero-order valence-corrected chi connectivity index (χ0v) is 16.2. The molecule has 0 saturated heterocycles. The number of ether oxygens (including phenoxy) is 3. The predicted molar refractivity (Wildman–Crippen MR) is 99.8 cm³/mol. The number of benzene rings is 1. The number of hydrogen-bond acceptors (Lipinski definition) is 5. The summed E-state index contributed by atoms with van der Waals surface area (Å²) in [4.78, 5) is 24.6. The van der Waals surface area contributed by atoms with Crippen molar-refractivity contribution < 1.29 is 23.8 Å². The lowest BCUT2D eigenvalue weighted by Gasteiger charge is -2.12. The first-order valence-electron chi connectivity index (χ1n) is 8.83. The van der Waals surface area contributed by atoms with Crippen molar-refractivity contribution in [2.75, 3.05) is 6.61 Å². The molecule has 1 rings (SSSR count). The fraction of sp³-hybridized carbons (Fsp3) is 0.429. The third kappa shape index (κ3) is 8.01. The highest BCUT2D eigenvalue weighted by molar-refractivity contribution is 6.00. The van der Waals surface area contributed by atoms with Crippen LogP contribution in [0, 0.1) is 11.8 Å².